The maximum atomic E-state index is 12.5. The van der Waals surface area contributed by atoms with Gasteiger partial charge in [-0.15, -0.1) is 0 Å². The van der Waals surface area contributed by atoms with E-state index in [1.54, 1.807) is 10.4 Å². The zero-order valence-electron chi connectivity index (χ0n) is 11.2. The number of nitrogens with one attached hydrogen (secondary N) is 1. The van der Waals surface area contributed by atoms with E-state index in [9.17, 15) is 8.42 Å². The van der Waals surface area contributed by atoms with Crippen LogP contribution in [0.5, 0.6) is 0 Å². The smallest absolute Gasteiger partial charge is 0.220 e. The minimum atomic E-state index is -3.38. The van der Waals surface area contributed by atoms with Crippen LogP contribution in [0.3, 0.4) is 0 Å². The third kappa shape index (κ3) is 2.44. The van der Waals surface area contributed by atoms with Gasteiger partial charge in [0.25, 0.3) is 0 Å². The zero-order chi connectivity index (χ0) is 14.2. The van der Waals surface area contributed by atoms with Crippen LogP contribution in [-0.4, -0.2) is 43.6 Å². The molecule has 0 bridgehead atoms. The summed E-state index contributed by atoms with van der Waals surface area (Å²) < 4.78 is 31.8. The number of rotatable bonds is 3. The molecular formula is C13H17N3O3S. The fourth-order valence-electron chi connectivity index (χ4n) is 2.53. The molecule has 1 fully saturated rings. The lowest BCUT2D eigenvalue weighted by Gasteiger charge is -2.32. The number of para-hydroxylation sites is 1. The molecule has 0 saturated carbocycles. The number of hydrogen-bond donors (Lipinski definition) is 1. The van der Waals surface area contributed by atoms with Crippen molar-refractivity contribution in [1.29, 1.82) is 0 Å². The first-order valence-corrected chi connectivity index (χ1v) is 8.22. The standard InChI is InChI=1S/C13H17N3O3S/c1-10-8-14-6-7-16(10)20(17,18)9-12-11-4-2-3-5-13(11)19-15-12/h2-5,10,14H,6-9H2,1H3/t10-/m1/s1. The average molecular weight is 295 g/mol. The molecule has 0 radical (unpaired) electrons. The highest BCUT2D eigenvalue weighted by Crippen LogP contribution is 2.22. The van der Waals surface area contributed by atoms with Crippen molar-refractivity contribution >= 4 is 21.0 Å². The van der Waals surface area contributed by atoms with Gasteiger partial charge >= 0.3 is 0 Å². The van der Waals surface area contributed by atoms with Gasteiger partial charge in [-0.1, -0.05) is 17.3 Å². The molecule has 20 heavy (non-hydrogen) atoms. The van der Waals surface area contributed by atoms with E-state index in [0.717, 1.165) is 5.39 Å². The van der Waals surface area contributed by atoms with E-state index in [4.69, 9.17) is 4.52 Å². The Morgan fingerprint density at radius 1 is 1.45 bits per heavy atom. The molecular weight excluding hydrogens is 278 g/mol. The van der Waals surface area contributed by atoms with Gasteiger partial charge in [0, 0.05) is 31.1 Å². The first kappa shape index (κ1) is 13.5. The Labute approximate surface area is 117 Å². The third-order valence-electron chi connectivity index (χ3n) is 3.57. The van der Waals surface area contributed by atoms with Crippen LogP contribution in [0.25, 0.3) is 11.0 Å². The van der Waals surface area contributed by atoms with E-state index in [1.165, 1.54) is 0 Å². The monoisotopic (exact) mass is 295 g/mol. The topological polar surface area (TPSA) is 75.4 Å². The van der Waals surface area contributed by atoms with Crippen molar-refractivity contribution in [3.63, 3.8) is 0 Å². The van der Waals surface area contributed by atoms with E-state index in [0.29, 0.717) is 30.9 Å². The van der Waals surface area contributed by atoms with Crippen molar-refractivity contribution in [2.45, 2.75) is 18.7 Å². The van der Waals surface area contributed by atoms with Crippen LogP contribution in [0.4, 0.5) is 0 Å². The lowest BCUT2D eigenvalue weighted by molar-refractivity contribution is 0.283. The number of hydrogen-bond acceptors (Lipinski definition) is 5. The maximum absolute atomic E-state index is 12.5. The molecule has 1 N–H and O–H groups in total. The molecule has 0 spiro atoms. The number of fused-ring (bicyclic) bond motifs is 1. The summed E-state index contributed by atoms with van der Waals surface area (Å²) in [6, 6.07) is 7.27. The molecule has 1 atom stereocenters. The van der Waals surface area contributed by atoms with Crippen molar-refractivity contribution in [3.05, 3.63) is 30.0 Å². The minimum Gasteiger partial charge on any atom is -0.356 e. The number of sulfonamides is 1. The SMILES string of the molecule is C[C@@H]1CNCCN1S(=O)(=O)Cc1noc2ccccc12. The lowest BCUT2D eigenvalue weighted by atomic mass is 10.2. The van der Waals surface area contributed by atoms with E-state index in [1.807, 2.05) is 25.1 Å². The fourth-order valence-corrected chi connectivity index (χ4v) is 4.25. The van der Waals surface area contributed by atoms with Gasteiger partial charge in [0.05, 0.1) is 0 Å². The second kappa shape index (κ2) is 5.16. The summed E-state index contributed by atoms with van der Waals surface area (Å²) in [5, 5.41) is 7.85. The average Bonchev–Trinajstić information content (AvgIpc) is 2.82. The molecule has 108 valence electrons. The molecule has 1 aromatic carbocycles. The Morgan fingerprint density at radius 2 is 2.25 bits per heavy atom. The molecule has 0 unspecified atom stereocenters. The van der Waals surface area contributed by atoms with E-state index in [2.05, 4.69) is 10.5 Å². The van der Waals surface area contributed by atoms with Crippen LogP contribution in [0.15, 0.2) is 28.8 Å². The highest BCUT2D eigenvalue weighted by atomic mass is 32.2. The third-order valence-corrected chi connectivity index (χ3v) is 5.46. The van der Waals surface area contributed by atoms with Crippen LogP contribution in [-0.2, 0) is 15.8 Å². The maximum Gasteiger partial charge on any atom is 0.220 e. The van der Waals surface area contributed by atoms with Crippen molar-refractivity contribution in [2.75, 3.05) is 19.6 Å². The number of aromatic nitrogens is 1. The molecule has 2 heterocycles. The molecule has 1 saturated heterocycles. The second-order valence-corrected chi connectivity index (χ2v) is 6.97. The van der Waals surface area contributed by atoms with Gasteiger partial charge in [0.2, 0.25) is 10.0 Å². The summed E-state index contributed by atoms with van der Waals surface area (Å²) >= 11 is 0. The van der Waals surface area contributed by atoms with Crippen molar-refractivity contribution in [3.8, 4) is 0 Å². The molecule has 1 aromatic heterocycles. The molecule has 7 heteroatoms. The molecule has 1 aliphatic heterocycles. The quantitative estimate of drug-likeness (QED) is 0.912. The van der Waals surface area contributed by atoms with Gasteiger partial charge < -0.3 is 9.84 Å². The number of benzene rings is 1. The molecule has 6 nitrogen and oxygen atoms in total. The molecule has 0 amide bonds. The molecule has 3 rings (SSSR count). The Kier molecular flexibility index (Phi) is 3.49. The highest BCUT2D eigenvalue weighted by molar-refractivity contribution is 7.88. The van der Waals surface area contributed by atoms with Crippen LogP contribution in [0, 0.1) is 0 Å². The predicted molar refractivity (Wildman–Crippen MR) is 75.7 cm³/mol. The fraction of sp³-hybridized carbons (Fsp3) is 0.462. The lowest BCUT2D eigenvalue weighted by Crippen LogP contribution is -2.52. The molecule has 0 aliphatic carbocycles. The highest BCUT2D eigenvalue weighted by Gasteiger charge is 2.30. The summed E-state index contributed by atoms with van der Waals surface area (Å²) in [5.74, 6) is -0.117. The Bertz CT molecular complexity index is 710. The predicted octanol–water partition coefficient (Wildman–Crippen LogP) is 0.951. The van der Waals surface area contributed by atoms with Crippen molar-refractivity contribution in [1.82, 2.24) is 14.8 Å². The van der Waals surface area contributed by atoms with Crippen LogP contribution in [0.1, 0.15) is 12.6 Å². The Balaban J connectivity index is 1.89. The van der Waals surface area contributed by atoms with Crippen LogP contribution >= 0.6 is 0 Å². The van der Waals surface area contributed by atoms with E-state index in [-0.39, 0.29) is 11.8 Å². The van der Waals surface area contributed by atoms with E-state index < -0.39 is 10.0 Å². The number of nitrogens with zero attached hydrogens (tertiary/aromatic N) is 2. The Morgan fingerprint density at radius 3 is 3.05 bits per heavy atom. The summed E-state index contributed by atoms with van der Waals surface area (Å²) in [5.41, 5.74) is 1.09. The first-order chi connectivity index (χ1) is 9.58. The zero-order valence-corrected chi connectivity index (χ0v) is 12.1. The van der Waals surface area contributed by atoms with Gasteiger partial charge in [0.15, 0.2) is 5.58 Å². The second-order valence-electron chi connectivity index (χ2n) is 5.05. The number of piperazine rings is 1. The normalized spacial score (nSPS) is 21.4. The summed E-state index contributed by atoms with van der Waals surface area (Å²) in [6.45, 7) is 3.77. The minimum absolute atomic E-state index is 0.0353. The first-order valence-electron chi connectivity index (χ1n) is 6.61. The van der Waals surface area contributed by atoms with Gasteiger partial charge in [-0.05, 0) is 19.1 Å². The van der Waals surface area contributed by atoms with Gasteiger partial charge in [-0.3, -0.25) is 0 Å². The van der Waals surface area contributed by atoms with Crippen LogP contribution in [0.2, 0.25) is 0 Å². The summed E-state index contributed by atoms with van der Waals surface area (Å²) in [7, 11) is -3.38. The Hall–Kier alpha value is -1.44. The molecule has 1 aliphatic rings. The van der Waals surface area contributed by atoms with E-state index >= 15 is 0 Å². The van der Waals surface area contributed by atoms with Crippen molar-refractivity contribution < 1.29 is 12.9 Å². The van der Waals surface area contributed by atoms with Crippen molar-refractivity contribution in [2.24, 2.45) is 0 Å². The van der Waals surface area contributed by atoms with Crippen LogP contribution < -0.4 is 5.32 Å². The van der Waals surface area contributed by atoms with Gasteiger partial charge in [-0.25, -0.2) is 8.42 Å². The van der Waals surface area contributed by atoms with Gasteiger partial charge in [-0.2, -0.15) is 4.31 Å². The molecule has 2 aromatic rings. The summed E-state index contributed by atoms with van der Waals surface area (Å²) in [6.07, 6.45) is 0. The largest absolute Gasteiger partial charge is 0.356 e. The van der Waals surface area contributed by atoms with Gasteiger partial charge in [0.1, 0.15) is 11.4 Å². The summed E-state index contributed by atoms with van der Waals surface area (Å²) in [4.78, 5) is 0.